The van der Waals surface area contributed by atoms with E-state index in [9.17, 15) is 9.18 Å². The molecule has 1 saturated heterocycles. The van der Waals surface area contributed by atoms with Crippen molar-refractivity contribution in [3.63, 3.8) is 0 Å². The maximum Gasteiger partial charge on any atom is 0.287 e. The number of amides is 1. The fourth-order valence-electron chi connectivity index (χ4n) is 3.06. The minimum absolute atomic E-state index is 0.127. The maximum atomic E-state index is 13.9. The van der Waals surface area contributed by atoms with E-state index in [2.05, 4.69) is 15.1 Å². The van der Waals surface area contributed by atoms with Crippen molar-refractivity contribution >= 4 is 11.6 Å². The molecule has 140 valence electrons. The summed E-state index contributed by atoms with van der Waals surface area (Å²) in [5.74, 6) is 0.780. The number of para-hydroxylation sites is 1. The Morgan fingerprint density at radius 3 is 2.62 bits per heavy atom. The van der Waals surface area contributed by atoms with Crippen LogP contribution in [0.1, 0.15) is 36.6 Å². The number of benzene rings is 1. The fraction of sp³-hybridized carbons (Fsp3) is 0.450. The van der Waals surface area contributed by atoms with Crippen LogP contribution in [0.4, 0.5) is 10.1 Å². The summed E-state index contributed by atoms with van der Waals surface area (Å²) in [5, 5.41) is 2.90. The summed E-state index contributed by atoms with van der Waals surface area (Å²) in [6.45, 7) is 7.83. The van der Waals surface area contributed by atoms with E-state index in [1.54, 1.807) is 12.1 Å². The molecule has 1 N–H and O–H groups in total. The van der Waals surface area contributed by atoms with Gasteiger partial charge in [0.25, 0.3) is 5.91 Å². The van der Waals surface area contributed by atoms with Gasteiger partial charge in [-0.3, -0.25) is 9.69 Å². The van der Waals surface area contributed by atoms with E-state index < -0.39 is 0 Å². The van der Waals surface area contributed by atoms with E-state index in [0.717, 1.165) is 38.4 Å². The van der Waals surface area contributed by atoms with Crippen LogP contribution in [0.2, 0.25) is 0 Å². The number of hydrogen-bond donors (Lipinski definition) is 1. The van der Waals surface area contributed by atoms with Crippen molar-refractivity contribution in [3.8, 4) is 0 Å². The van der Waals surface area contributed by atoms with Crippen LogP contribution >= 0.6 is 0 Å². The summed E-state index contributed by atoms with van der Waals surface area (Å²) in [5.41, 5.74) is 0.661. The van der Waals surface area contributed by atoms with Crippen molar-refractivity contribution in [2.75, 3.05) is 31.1 Å². The molecule has 1 aromatic heterocycles. The Kier molecular flexibility index (Phi) is 5.93. The van der Waals surface area contributed by atoms with Gasteiger partial charge in [0.1, 0.15) is 11.6 Å². The zero-order valence-corrected chi connectivity index (χ0v) is 15.4. The largest absolute Gasteiger partial charge is 0.455 e. The van der Waals surface area contributed by atoms with Crippen LogP contribution in [-0.2, 0) is 6.54 Å². The first-order valence-electron chi connectivity index (χ1n) is 9.18. The lowest BCUT2D eigenvalue weighted by Crippen LogP contribution is -2.46. The molecule has 2 heterocycles. The second kappa shape index (κ2) is 8.36. The second-order valence-corrected chi connectivity index (χ2v) is 6.76. The average molecular weight is 359 g/mol. The van der Waals surface area contributed by atoms with Crippen molar-refractivity contribution in [2.24, 2.45) is 0 Å². The molecule has 0 bridgehead atoms. The number of carbonyl (C=O) groups is 1. The summed E-state index contributed by atoms with van der Waals surface area (Å²) in [6, 6.07) is 10.6. The summed E-state index contributed by atoms with van der Waals surface area (Å²) in [6.07, 6.45) is 0.881. The highest BCUT2D eigenvalue weighted by Gasteiger charge is 2.21. The molecule has 1 amide bonds. The van der Waals surface area contributed by atoms with Crippen LogP contribution in [0.25, 0.3) is 0 Å². The molecule has 1 atom stereocenters. The van der Waals surface area contributed by atoms with E-state index >= 15 is 0 Å². The first kappa shape index (κ1) is 18.5. The van der Waals surface area contributed by atoms with Gasteiger partial charge in [0, 0.05) is 32.2 Å². The van der Waals surface area contributed by atoms with Crippen molar-refractivity contribution in [2.45, 2.75) is 32.9 Å². The summed E-state index contributed by atoms with van der Waals surface area (Å²) >= 11 is 0. The van der Waals surface area contributed by atoms with E-state index in [-0.39, 0.29) is 17.8 Å². The Morgan fingerprint density at radius 1 is 1.19 bits per heavy atom. The Labute approximate surface area is 153 Å². The molecule has 26 heavy (non-hydrogen) atoms. The number of furan rings is 1. The van der Waals surface area contributed by atoms with Crippen LogP contribution in [0.3, 0.4) is 0 Å². The molecule has 0 radical (unpaired) electrons. The summed E-state index contributed by atoms with van der Waals surface area (Å²) in [7, 11) is 0. The van der Waals surface area contributed by atoms with Crippen molar-refractivity contribution < 1.29 is 13.6 Å². The number of rotatable bonds is 6. The highest BCUT2D eigenvalue weighted by atomic mass is 19.1. The molecule has 1 aliphatic heterocycles. The van der Waals surface area contributed by atoms with Crippen LogP contribution in [0.15, 0.2) is 40.8 Å². The molecule has 1 aromatic carbocycles. The molecule has 5 nitrogen and oxygen atoms in total. The molecule has 0 unspecified atom stereocenters. The molecule has 1 aliphatic rings. The minimum Gasteiger partial charge on any atom is -0.455 e. The smallest absolute Gasteiger partial charge is 0.287 e. The quantitative estimate of drug-likeness (QED) is 0.860. The normalized spacial score (nSPS) is 16.5. The van der Waals surface area contributed by atoms with Gasteiger partial charge in [0.2, 0.25) is 0 Å². The molecular formula is C20H26FN3O2. The summed E-state index contributed by atoms with van der Waals surface area (Å²) < 4.78 is 19.6. The average Bonchev–Trinajstić information content (AvgIpc) is 3.11. The Bertz CT molecular complexity index is 738. The third-order valence-electron chi connectivity index (χ3n) is 4.82. The van der Waals surface area contributed by atoms with Gasteiger partial charge in [0.15, 0.2) is 5.76 Å². The Morgan fingerprint density at radius 2 is 1.92 bits per heavy atom. The number of carbonyl (C=O) groups excluding carboxylic acids is 1. The van der Waals surface area contributed by atoms with Gasteiger partial charge < -0.3 is 14.6 Å². The maximum absolute atomic E-state index is 13.9. The van der Waals surface area contributed by atoms with Crippen molar-refractivity contribution in [1.82, 2.24) is 10.2 Å². The van der Waals surface area contributed by atoms with Crippen molar-refractivity contribution in [1.29, 1.82) is 0 Å². The van der Waals surface area contributed by atoms with Gasteiger partial charge in [-0.05, 0) is 37.6 Å². The third-order valence-corrected chi connectivity index (χ3v) is 4.82. The highest BCUT2D eigenvalue weighted by molar-refractivity contribution is 5.91. The first-order chi connectivity index (χ1) is 12.6. The van der Waals surface area contributed by atoms with Gasteiger partial charge >= 0.3 is 0 Å². The number of piperazine rings is 1. The number of hydrogen-bond acceptors (Lipinski definition) is 4. The topological polar surface area (TPSA) is 48.7 Å². The molecule has 0 spiro atoms. The number of nitrogens with one attached hydrogen (secondary N) is 1. The van der Waals surface area contributed by atoms with Gasteiger partial charge in [-0.2, -0.15) is 0 Å². The zero-order chi connectivity index (χ0) is 18.5. The van der Waals surface area contributed by atoms with Crippen molar-refractivity contribution in [3.05, 3.63) is 53.7 Å². The summed E-state index contributed by atoms with van der Waals surface area (Å²) in [4.78, 5) is 16.4. The third kappa shape index (κ3) is 4.43. The predicted molar refractivity (Wildman–Crippen MR) is 99.8 cm³/mol. The van der Waals surface area contributed by atoms with Crippen LogP contribution < -0.4 is 10.2 Å². The molecule has 0 saturated carbocycles. The Balaban J connectivity index is 1.52. The van der Waals surface area contributed by atoms with Gasteiger partial charge in [-0.25, -0.2) is 4.39 Å². The van der Waals surface area contributed by atoms with E-state index in [1.165, 1.54) is 6.07 Å². The number of halogens is 1. The fourth-order valence-corrected chi connectivity index (χ4v) is 3.06. The lowest BCUT2D eigenvalue weighted by molar-refractivity contribution is 0.0907. The lowest BCUT2D eigenvalue weighted by atomic mass is 10.2. The second-order valence-electron chi connectivity index (χ2n) is 6.76. The SMILES string of the molecule is CC[C@@H](C)NC(=O)c1ccc(CN2CCN(c3ccccc3F)CC2)o1. The van der Waals surface area contributed by atoms with E-state index in [1.807, 2.05) is 32.0 Å². The van der Waals surface area contributed by atoms with Gasteiger partial charge in [-0.1, -0.05) is 19.1 Å². The molecule has 2 aromatic rings. The molecule has 0 aliphatic carbocycles. The van der Waals surface area contributed by atoms with Gasteiger partial charge in [0.05, 0.1) is 12.2 Å². The predicted octanol–water partition coefficient (Wildman–Crippen LogP) is 3.27. The number of nitrogens with zero attached hydrogens (tertiary/aromatic N) is 2. The molecule has 1 fully saturated rings. The molecule has 3 rings (SSSR count). The zero-order valence-electron chi connectivity index (χ0n) is 15.4. The van der Waals surface area contributed by atoms with Crippen LogP contribution in [-0.4, -0.2) is 43.0 Å². The van der Waals surface area contributed by atoms with E-state index in [4.69, 9.17) is 4.42 Å². The first-order valence-corrected chi connectivity index (χ1v) is 9.18. The highest BCUT2D eigenvalue weighted by Crippen LogP contribution is 2.21. The minimum atomic E-state index is -0.177. The lowest BCUT2D eigenvalue weighted by Gasteiger charge is -2.35. The van der Waals surface area contributed by atoms with Crippen LogP contribution in [0.5, 0.6) is 0 Å². The standard InChI is InChI=1S/C20H26FN3O2/c1-3-15(2)22-20(25)19-9-8-16(26-19)14-23-10-12-24(13-11-23)18-7-5-4-6-17(18)21/h4-9,15H,3,10-14H2,1-2H3,(H,22,25)/t15-/m1/s1. The Hall–Kier alpha value is -2.34. The number of anilines is 1. The molecular weight excluding hydrogens is 333 g/mol. The van der Waals surface area contributed by atoms with E-state index in [0.29, 0.717) is 18.0 Å². The van der Waals surface area contributed by atoms with Gasteiger partial charge in [-0.15, -0.1) is 0 Å². The monoisotopic (exact) mass is 359 g/mol. The van der Waals surface area contributed by atoms with Crippen LogP contribution in [0, 0.1) is 5.82 Å². The molecule has 6 heteroatoms.